The Morgan fingerprint density at radius 2 is 2.07 bits per heavy atom. The van der Waals surface area contributed by atoms with Gasteiger partial charge in [0.1, 0.15) is 11.4 Å². The first kappa shape index (κ1) is 21.4. The number of fused-ring (bicyclic) bond motifs is 1. The zero-order valence-corrected chi connectivity index (χ0v) is 17.7. The Hall–Kier alpha value is -3.36. The van der Waals surface area contributed by atoms with Crippen LogP contribution in [0.4, 0.5) is 16.3 Å². The monoisotopic (exact) mass is 413 g/mol. The molecule has 0 spiro atoms. The van der Waals surface area contributed by atoms with Gasteiger partial charge in [0.25, 0.3) is 0 Å². The molecule has 0 aliphatic carbocycles. The lowest BCUT2D eigenvalue weighted by atomic mass is 10.2. The number of anilines is 2. The zero-order valence-electron chi connectivity index (χ0n) is 17.7. The van der Waals surface area contributed by atoms with Crippen molar-refractivity contribution in [3.63, 3.8) is 0 Å². The molecule has 2 N–H and O–H groups in total. The van der Waals surface area contributed by atoms with Crippen LogP contribution in [0.1, 0.15) is 27.2 Å². The van der Waals surface area contributed by atoms with Gasteiger partial charge in [0.05, 0.1) is 18.7 Å². The number of carbonyl (C=O) groups excluding carboxylic acids is 2. The number of hydrogen-bond donors (Lipinski definition) is 2. The second-order valence-electron chi connectivity index (χ2n) is 8.04. The fraction of sp³-hybridized carbons (Fsp3) is 0.429. The maximum absolute atomic E-state index is 12.1. The number of nitrogens with zero attached hydrogens (tertiary/aromatic N) is 3. The van der Waals surface area contributed by atoms with E-state index in [-0.39, 0.29) is 18.0 Å². The summed E-state index contributed by atoms with van der Waals surface area (Å²) < 4.78 is 10.6. The lowest BCUT2D eigenvalue weighted by Crippen LogP contribution is -2.40. The number of carbonyl (C=O) groups is 2. The Morgan fingerprint density at radius 1 is 1.30 bits per heavy atom. The number of amides is 2. The highest BCUT2D eigenvalue weighted by molar-refractivity contribution is 6.01. The smallest absolute Gasteiger partial charge is 0.407 e. The number of hydrogen-bond acceptors (Lipinski definition) is 7. The summed E-state index contributed by atoms with van der Waals surface area (Å²) in [4.78, 5) is 34.7. The Labute approximate surface area is 175 Å². The first-order valence-electron chi connectivity index (χ1n) is 9.72. The van der Waals surface area contributed by atoms with Gasteiger partial charge in [0, 0.05) is 24.2 Å². The zero-order chi connectivity index (χ0) is 21.9. The third-order valence-electron chi connectivity index (χ3n) is 4.50. The Balaban J connectivity index is 1.82. The predicted octanol–water partition coefficient (Wildman–Crippen LogP) is 2.87. The van der Waals surface area contributed by atoms with E-state index < -0.39 is 11.7 Å². The van der Waals surface area contributed by atoms with Crippen LogP contribution < -0.4 is 20.3 Å². The minimum Gasteiger partial charge on any atom is -0.467 e. The molecule has 1 aromatic heterocycles. The van der Waals surface area contributed by atoms with E-state index in [4.69, 9.17) is 9.47 Å². The number of aromatic nitrogens is 2. The summed E-state index contributed by atoms with van der Waals surface area (Å²) in [5.74, 6) is 0.415. The number of ether oxygens (including phenoxy) is 2. The van der Waals surface area contributed by atoms with Gasteiger partial charge in [-0.05, 0) is 51.5 Å². The average molecular weight is 413 g/mol. The fourth-order valence-electron chi connectivity index (χ4n) is 3.24. The lowest BCUT2D eigenvalue weighted by Gasteiger charge is -2.22. The van der Waals surface area contributed by atoms with Crippen molar-refractivity contribution in [3.8, 4) is 6.01 Å². The normalized spacial score (nSPS) is 16.3. The third kappa shape index (κ3) is 5.16. The number of nitrogens with one attached hydrogen (secondary N) is 2. The summed E-state index contributed by atoms with van der Waals surface area (Å²) >= 11 is 0. The molecule has 2 amide bonds. The van der Waals surface area contributed by atoms with Crippen LogP contribution in [0.5, 0.6) is 6.01 Å². The molecule has 0 unspecified atom stereocenters. The Bertz CT molecular complexity index is 970. The molecule has 1 atom stereocenters. The standard InChI is InChI=1S/C21H27N5O4/c1-6-17(27)22-13-7-8-15-16(11-13)24-19(29-5)25-18(15)26-10-9-14(12-26)23-20(28)30-21(2,3)4/h6-8,11,14H,1,9-10,12H2,2-5H3,(H,22,27)(H,23,28)/t14-/m1/s1. The molecular weight excluding hydrogens is 386 g/mol. The van der Waals surface area contributed by atoms with E-state index in [9.17, 15) is 9.59 Å². The van der Waals surface area contributed by atoms with E-state index in [0.29, 0.717) is 30.1 Å². The molecule has 1 aliphatic heterocycles. The molecule has 9 nitrogen and oxygen atoms in total. The molecule has 1 saturated heterocycles. The van der Waals surface area contributed by atoms with E-state index in [1.165, 1.54) is 13.2 Å². The highest BCUT2D eigenvalue weighted by Crippen LogP contribution is 2.30. The quantitative estimate of drug-likeness (QED) is 0.726. The van der Waals surface area contributed by atoms with E-state index in [1.54, 1.807) is 12.1 Å². The van der Waals surface area contributed by atoms with Gasteiger partial charge in [-0.2, -0.15) is 9.97 Å². The van der Waals surface area contributed by atoms with E-state index in [1.807, 2.05) is 26.8 Å². The van der Waals surface area contributed by atoms with Gasteiger partial charge < -0.3 is 25.0 Å². The van der Waals surface area contributed by atoms with Crippen molar-refractivity contribution < 1.29 is 19.1 Å². The maximum atomic E-state index is 12.1. The molecular formula is C21H27N5O4. The average Bonchev–Trinajstić information content (AvgIpc) is 3.13. The van der Waals surface area contributed by atoms with Crippen LogP contribution in [0, 0.1) is 0 Å². The molecule has 3 rings (SSSR count). The minimum absolute atomic E-state index is 0.0537. The van der Waals surface area contributed by atoms with Crippen LogP contribution in [0.15, 0.2) is 30.9 Å². The van der Waals surface area contributed by atoms with Gasteiger partial charge in [0.2, 0.25) is 5.91 Å². The van der Waals surface area contributed by atoms with Crippen molar-refractivity contribution >= 4 is 34.4 Å². The minimum atomic E-state index is -0.544. The molecule has 2 aromatic rings. The first-order valence-corrected chi connectivity index (χ1v) is 9.72. The van der Waals surface area contributed by atoms with Crippen molar-refractivity contribution in [1.82, 2.24) is 15.3 Å². The largest absolute Gasteiger partial charge is 0.467 e. The van der Waals surface area contributed by atoms with E-state index in [2.05, 4.69) is 32.1 Å². The SMILES string of the molecule is C=CC(=O)Nc1ccc2c(N3CC[C@@H](NC(=O)OC(C)(C)C)C3)nc(OC)nc2c1. The third-order valence-corrected chi connectivity index (χ3v) is 4.50. The highest BCUT2D eigenvalue weighted by atomic mass is 16.6. The van der Waals surface area contributed by atoms with Crippen LogP contribution in [-0.4, -0.2) is 53.8 Å². The van der Waals surface area contributed by atoms with E-state index in [0.717, 1.165) is 11.8 Å². The molecule has 0 saturated carbocycles. The van der Waals surface area contributed by atoms with Crippen molar-refractivity contribution in [2.45, 2.75) is 38.8 Å². The second kappa shape index (κ2) is 8.56. The van der Waals surface area contributed by atoms with Crippen LogP contribution >= 0.6 is 0 Å². The fourth-order valence-corrected chi connectivity index (χ4v) is 3.24. The number of methoxy groups -OCH3 is 1. The number of alkyl carbamates (subject to hydrolysis) is 1. The summed E-state index contributed by atoms with van der Waals surface area (Å²) in [5, 5.41) is 6.46. The van der Waals surface area contributed by atoms with Crippen LogP contribution in [-0.2, 0) is 9.53 Å². The molecule has 160 valence electrons. The van der Waals surface area contributed by atoms with Gasteiger partial charge in [-0.3, -0.25) is 4.79 Å². The van der Waals surface area contributed by atoms with Gasteiger partial charge in [-0.25, -0.2) is 4.79 Å². The summed E-state index contributed by atoms with van der Waals surface area (Å²) in [6.07, 6.45) is 1.54. The molecule has 2 heterocycles. The predicted molar refractivity (Wildman–Crippen MR) is 115 cm³/mol. The summed E-state index contributed by atoms with van der Waals surface area (Å²) in [7, 11) is 1.51. The van der Waals surface area contributed by atoms with E-state index >= 15 is 0 Å². The maximum Gasteiger partial charge on any atom is 0.407 e. The molecule has 0 radical (unpaired) electrons. The van der Waals surface area contributed by atoms with Crippen LogP contribution in [0.3, 0.4) is 0 Å². The number of benzene rings is 1. The van der Waals surface area contributed by atoms with Crippen molar-refractivity contribution in [1.29, 1.82) is 0 Å². The topological polar surface area (TPSA) is 106 Å². The van der Waals surface area contributed by atoms with Crippen molar-refractivity contribution in [2.24, 2.45) is 0 Å². The van der Waals surface area contributed by atoms with Gasteiger partial charge in [0.15, 0.2) is 0 Å². The van der Waals surface area contributed by atoms with Gasteiger partial charge in [-0.1, -0.05) is 6.58 Å². The first-order chi connectivity index (χ1) is 14.2. The summed E-state index contributed by atoms with van der Waals surface area (Å²) in [6.45, 7) is 10.3. The van der Waals surface area contributed by atoms with Crippen molar-refractivity contribution in [2.75, 3.05) is 30.4 Å². The lowest BCUT2D eigenvalue weighted by molar-refractivity contribution is -0.111. The second-order valence-corrected chi connectivity index (χ2v) is 8.04. The van der Waals surface area contributed by atoms with Crippen LogP contribution in [0.25, 0.3) is 10.9 Å². The van der Waals surface area contributed by atoms with Crippen LogP contribution in [0.2, 0.25) is 0 Å². The molecule has 1 aromatic carbocycles. The highest BCUT2D eigenvalue weighted by Gasteiger charge is 2.28. The Morgan fingerprint density at radius 3 is 2.73 bits per heavy atom. The molecule has 1 aliphatic rings. The summed E-state index contributed by atoms with van der Waals surface area (Å²) in [5.41, 5.74) is 0.699. The summed E-state index contributed by atoms with van der Waals surface area (Å²) in [6, 6.07) is 5.58. The molecule has 0 bridgehead atoms. The van der Waals surface area contributed by atoms with Gasteiger partial charge >= 0.3 is 12.1 Å². The van der Waals surface area contributed by atoms with Gasteiger partial charge in [-0.15, -0.1) is 0 Å². The Kier molecular flexibility index (Phi) is 6.09. The molecule has 9 heteroatoms. The molecule has 30 heavy (non-hydrogen) atoms. The van der Waals surface area contributed by atoms with Crippen molar-refractivity contribution in [3.05, 3.63) is 30.9 Å². The molecule has 1 fully saturated rings. The number of rotatable bonds is 5.